The highest BCUT2D eigenvalue weighted by Crippen LogP contribution is 2.39. The van der Waals surface area contributed by atoms with E-state index in [9.17, 15) is 0 Å². The lowest BCUT2D eigenvalue weighted by atomic mass is 10.1. The van der Waals surface area contributed by atoms with Gasteiger partial charge in [0.15, 0.2) is 5.13 Å². The second-order valence-electron chi connectivity index (χ2n) is 6.19. The lowest BCUT2D eigenvalue weighted by Gasteiger charge is -2.06. The highest BCUT2D eigenvalue weighted by atomic mass is 32.1. The number of anilines is 3. The minimum Gasteiger partial charge on any atom is -0.354 e. The van der Waals surface area contributed by atoms with Gasteiger partial charge in [0.25, 0.3) is 0 Å². The maximum atomic E-state index is 4.83. The molecule has 2 aromatic carbocycles. The molecular weight excluding hydrogens is 354 g/mol. The third-order valence-electron chi connectivity index (χ3n) is 3.96. The molecule has 1 N–H and O–H groups in total. The van der Waals surface area contributed by atoms with E-state index in [0.717, 1.165) is 32.6 Å². The van der Waals surface area contributed by atoms with E-state index in [0.29, 0.717) is 5.95 Å². The van der Waals surface area contributed by atoms with Gasteiger partial charge in [-0.15, -0.1) is 0 Å². The fourth-order valence-electron chi connectivity index (χ4n) is 2.66. The van der Waals surface area contributed by atoms with E-state index < -0.39 is 0 Å². The van der Waals surface area contributed by atoms with Gasteiger partial charge in [0, 0.05) is 31.5 Å². The molecule has 0 spiro atoms. The Kier molecular flexibility index (Phi) is 4.80. The van der Waals surface area contributed by atoms with Gasteiger partial charge in [0.1, 0.15) is 0 Å². The number of para-hydroxylation sites is 1. The molecule has 6 heteroatoms. The summed E-state index contributed by atoms with van der Waals surface area (Å²) in [5.74, 6) is 0.567. The molecule has 0 aliphatic carbocycles. The molecule has 0 saturated heterocycles. The second-order valence-corrected chi connectivity index (χ2v) is 7.17. The van der Waals surface area contributed by atoms with Gasteiger partial charge in [-0.2, -0.15) is 0 Å². The molecule has 134 valence electrons. The first kappa shape index (κ1) is 17.2. The van der Waals surface area contributed by atoms with Gasteiger partial charge >= 0.3 is 0 Å². The zero-order valence-electron chi connectivity index (χ0n) is 15.1. The van der Waals surface area contributed by atoms with Crippen LogP contribution in [0.15, 0.2) is 72.9 Å². The van der Waals surface area contributed by atoms with Gasteiger partial charge in [0.2, 0.25) is 5.95 Å². The first-order valence-corrected chi connectivity index (χ1v) is 9.41. The van der Waals surface area contributed by atoms with Crippen LogP contribution in [0.3, 0.4) is 0 Å². The molecule has 0 unspecified atom stereocenters. The largest absolute Gasteiger partial charge is 0.354 e. The zero-order valence-corrected chi connectivity index (χ0v) is 15.9. The van der Waals surface area contributed by atoms with Crippen molar-refractivity contribution in [2.45, 2.75) is 0 Å². The van der Waals surface area contributed by atoms with E-state index in [1.807, 2.05) is 73.6 Å². The van der Waals surface area contributed by atoms with Crippen LogP contribution in [0.4, 0.5) is 16.8 Å². The molecule has 0 bridgehead atoms. The van der Waals surface area contributed by atoms with Crippen molar-refractivity contribution in [1.82, 2.24) is 15.0 Å². The van der Waals surface area contributed by atoms with E-state index in [1.165, 1.54) is 0 Å². The normalized spacial score (nSPS) is 10.6. The molecule has 4 aromatic rings. The number of rotatable bonds is 5. The van der Waals surface area contributed by atoms with E-state index in [4.69, 9.17) is 9.97 Å². The minimum atomic E-state index is 0.567. The molecule has 0 saturated carbocycles. The number of hydrogen-bond donors (Lipinski definition) is 1. The van der Waals surface area contributed by atoms with Gasteiger partial charge in [-0.25, -0.2) is 15.0 Å². The van der Waals surface area contributed by atoms with Crippen LogP contribution in [0.5, 0.6) is 0 Å². The van der Waals surface area contributed by atoms with Gasteiger partial charge in [-0.1, -0.05) is 59.9 Å². The Morgan fingerprint density at radius 1 is 0.852 bits per heavy atom. The number of benzene rings is 2. The molecule has 0 aliphatic heterocycles. The Morgan fingerprint density at radius 2 is 1.56 bits per heavy atom. The highest BCUT2D eigenvalue weighted by molar-refractivity contribution is 7.19. The Labute approximate surface area is 162 Å². The smallest absolute Gasteiger partial charge is 0.227 e. The summed E-state index contributed by atoms with van der Waals surface area (Å²) in [4.78, 5) is 17.0. The van der Waals surface area contributed by atoms with Gasteiger partial charge in [-0.3, -0.25) is 0 Å². The monoisotopic (exact) mass is 373 g/mol. The summed E-state index contributed by atoms with van der Waals surface area (Å²) >= 11 is 1.63. The quantitative estimate of drug-likeness (QED) is 0.529. The molecule has 4 rings (SSSR count). The first-order valence-electron chi connectivity index (χ1n) is 8.60. The van der Waals surface area contributed by atoms with Crippen molar-refractivity contribution >= 4 is 28.1 Å². The van der Waals surface area contributed by atoms with Crippen LogP contribution >= 0.6 is 11.3 Å². The van der Waals surface area contributed by atoms with E-state index in [2.05, 4.69) is 22.4 Å². The van der Waals surface area contributed by atoms with Crippen LogP contribution < -0.4 is 10.2 Å². The molecule has 2 heterocycles. The number of aromatic nitrogens is 3. The zero-order chi connectivity index (χ0) is 18.6. The van der Waals surface area contributed by atoms with Crippen LogP contribution in [0.2, 0.25) is 0 Å². The summed E-state index contributed by atoms with van der Waals surface area (Å²) in [6.07, 6.45) is 1.78. The van der Waals surface area contributed by atoms with Crippen LogP contribution in [-0.2, 0) is 0 Å². The standard InChI is InChI=1S/C21H19N5S/c1-26(2)21-25-18(15-9-5-3-6-10-15)19(27-21)17-13-14-22-20(24-17)23-16-11-7-4-8-12-16/h3-14H,1-2H3,(H,22,23,24). The first-order chi connectivity index (χ1) is 13.2. The van der Waals surface area contributed by atoms with E-state index in [-0.39, 0.29) is 0 Å². The third-order valence-corrected chi connectivity index (χ3v) is 5.21. The summed E-state index contributed by atoms with van der Waals surface area (Å²) in [6, 6.07) is 22.0. The summed E-state index contributed by atoms with van der Waals surface area (Å²) in [6.45, 7) is 0. The number of nitrogens with one attached hydrogen (secondary N) is 1. The molecule has 0 amide bonds. The van der Waals surface area contributed by atoms with E-state index >= 15 is 0 Å². The fraction of sp³-hybridized carbons (Fsp3) is 0.0952. The van der Waals surface area contributed by atoms with Crippen molar-refractivity contribution in [2.75, 3.05) is 24.3 Å². The molecule has 0 fully saturated rings. The molecule has 5 nitrogen and oxygen atoms in total. The number of nitrogens with zero attached hydrogens (tertiary/aromatic N) is 4. The minimum absolute atomic E-state index is 0.567. The Balaban J connectivity index is 1.76. The fourth-order valence-corrected chi connectivity index (χ4v) is 3.64. The summed E-state index contributed by atoms with van der Waals surface area (Å²) in [7, 11) is 4.00. The maximum absolute atomic E-state index is 4.83. The maximum Gasteiger partial charge on any atom is 0.227 e. The van der Waals surface area contributed by atoms with Crippen molar-refractivity contribution in [3.8, 4) is 21.8 Å². The summed E-state index contributed by atoms with van der Waals surface area (Å²) in [5, 5.41) is 4.20. The second kappa shape index (κ2) is 7.55. The summed E-state index contributed by atoms with van der Waals surface area (Å²) < 4.78 is 0. The van der Waals surface area contributed by atoms with Crippen molar-refractivity contribution in [2.24, 2.45) is 0 Å². The summed E-state index contributed by atoms with van der Waals surface area (Å²) in [5.41, 5.74) is 3.82. The molecule has 27 heavy (non-hydrogen) atoms. The Morgan fingerprint density at radius 3 is 2.26 bits per heavy atom. The predicted molar refractivity (Wildman–Crippen MR) is 113 cm³/mol. The SMILES string of the molecule is CN(C)c1nc(-c2ccccc2)c(-c2ccnc(Nc3ccccc3)n2)s1. The number of thiazole rings is 1. The van der Waals surface area contributed by atoms with Crippen LogP contribution in [0.25, 0.3) is 21.8 Å². The van der Waals surface area contributed by atoms with Crippen molar-refractivity contribution < 1.29 is 0 Å². The van der Waals surface area contributed by atoms with Crippen molar-refractivity contribution in [3.63, 3.8) is 0 Å². The van der Waals surface area contributed by atoms with Crippen molar-refractivity contribution in [1.29, 1.82) is 0 Å². The third kappa shape index (κ3) is 3.80. The molecule has 2 aromatic heterocycles. The van der Waals surface area contributed by atoms with Crippen molar-refractivity contribution in [3.05, 3.63) is 72.9 Å². The molecular formula is C21H19N5S. The lowest BCUT2D eigenvalue weighted by molar-refractivity contribution is 1.11. The van der Waals surface area contributed by atoms with Gasteiger partial charge < -0.3 is 10.2 Å². The number of hydrogen-bond acceptors (Lipinski definition) is 6. The average molecular weight is 373 g/mol. The van der Waals surface area contributed by atoms with Gasteiger partial charge in [0.05, 0.1) is 16.3 Å². The highest BCUT2D eigenvalue weighted by Gasteiger charge is 2.17. The van der Waals surface area contributed by atoms with E-state index in [1.54, 1.807) is 17.5 Å². The predicted octanol–water partition coefficient (Wildman–Crippen LogP) is 5.08. The lowest BCUT2D eigenvalue weighted by Crippen LogP contribution is -2.07. The van der Waals surface area contributed by atoms with Crippen LogP contribution in [-0.4, -0.2) is 29.0 Å². The Hall–Kier alpha value is -3.25. The molecule has 0 radical (unpaired) electrons. The topological polar surface area (TPSA) is 53.9 Å². The molecule has 0 aliphatic rings. The molecule has 0 atom stereocenters. The van der Waals surface area contributed by atoms with Crippen LogP contribution in [0, 0.1) is 0 Å². The van der Waals surface area contributed by atoms with Crippen LogP contribution in [0.1, 0.15) is 0 Å². The Bertz CT molecular complexity index is 1030. The van der Waals surface area contributed by atoms with Gasteiger partial charge in [-0.05, 0) is 18.2 Å². The average Bonchev–Trinajstić information content (AvgIpc) is 3.16.